The molecule has 134 heavy (non-hydrogen) atoms. The maximum absolute atomic E-state index is 12.6. The number of rotatable bonds is 10. The largest absolute Gasteiger partial charge is 0.497 e. The van der Waals surface area contributed by atoms with Gasteiger partial charge < -0.3 is 4.74 Å². The van der Waals surface area contributed by atoms with Gasteiger partial charge in [-0.1, -0.05) is 169 Å². The molecule has 0 radical (unpaired) electrons. The Balaban J connectivity index is 0.000000172. The van der Waals surface area contributed by atoms with E-state index in [4.69, 9.17) is 39.5 Å². The van der Waals surface area contributed by atoms with Crippen LogP contribution in [-0.4, -0.2) is 155 Å². The number of imide groups is 16. The molecule has 0 atom stereocenters. The third-order valence-electron chi connectivity index (χ3n) is 18.2. The average Bonchev–Trinajstić information content (AvgIpc) is 0.861. The van der Waals surface area contributed by atoms with Crippen LogP contribution in [0.25, 0.3) is 36.5 Å². The van der Waals surface area contributed by atoms with E-state index < -0.39 is 154 Å². The van der Waals surface area contributed by atoms with E-state index in [0.29, 0.717) is 55.1 Å². The lowest BCUT2D eigenvalue weighted by Crippen LogP contribution is -2.56. The molecule has 684 valence electrons. The molecule has 42 nitrogen and oxygen atoms in total. The van der Waals surface area contributed by atoms with Crippen molar-refractivity contribution in [2.24, 2.45) is 11.8 Å². The SMILES string of the molecule is COc1cccc(C=C2C(=O)NC(=O)NC2=O)c1.O=C1NC(=O)C(=CC2CCCCC2)C(=O)N1.O=C1NC(=O)C(=Cc2ccc(Cl)c(Cl)c2)C(=O)N1.O=C1NC(=O)C(=Cc2ccc(F)cc2)C(=O)N1.O=C1NC(=O)C(=Cc2cccc(Cl)c2)C(=O)N1.O=C1NC(=O)C(=Cc2ccccc2)C(=O)N1.O=C1NC(=O)C(=Cc2cccnc2)C(=O)N1.O=C1NC(=O)C(Cc2ccccc2)C(=O)N1. The molecule has 46 heteroatoms. The Morgan fingerprint density at radius 2 is 0.627 bits per heavy atom. The zero-order chi connectivity index (χ0) is 97.4. The van der Waals surface area contributed by atoms with E-state index in [1.165, 1.54) is 86.5 Å². The molecule has 9 fully saturated rings. The summed E-state index contributed by atoms with van der Waals surface area (Å²) in [6, 6.07) is 38.5. The third-order valence-corrected chi connectivity index (χ3v) is 19.1. The van der Waals surface area contributed by atoms with Crippen molar-refractivity contribution in [3.63, 3.8) is 0 Å². The highest BCUT2D eigenvalue weighted by atomic mass is 35.5. The molecule has 9 heterocycles. The molecule has 8 saturated heterocycles. The van der Waals surface area contributed by atoms with E-state index in [9.17, 15) is 119 Å². The van der Waals surface area contributed by atoms with Crippen LogP contribution in [0.15, 0.2) is 221 Å². The predicted octanol–water partition coefficient (Wildman–Crippen LogP) is 5.19. The van der Waals surface area contributed by atoms with Crippen LogP contribution in [0.5, 0.6) is 5.75 Å². The number of aromatic nitrogens is 1. The number of urea groups is 8. The number of carbonyl (C=O) groups excluding carboxylic acids is 24. The van der Waals surface area contributed by atoms with E-state index in [1.807, 2.05) is 100 Å². The Bertz CT molecular complexity index is 6030. The Kier molecular flexibility index (Phi) is 35.6. The monoisotopic (exact) mass is 1890 g/mol. The second kappa shape index (κ2) is 47.8. The predicted molar refractivity (Wildman–Crippen MR) is 468 cm³/mol. The van der Waals surface area contributed by atoms with Gasteiger partial charge in [0, 0.05) is 17.4 Å². The third kappa shape index (κ3) is 30.4. The number of halogens is 4. The molecule has 32 amide bonds. The van der Waals surface area contributed by atoms with E-state index in [2.05, 4.69) is 26.3 Å². The number of allylic oxidation sites excluding steroid dienone is 1. The lowest BCUT2D eigenvalue weighted by Gasteiger charge is -2.20. The molecular weight excluding hydrogens is 1820 g/mol. The van der Waals surface area contributed by atoms with E-state index >= 15 is 0 Å². The molecular formula is C88H69Cl3FN17O25. The summed E-state index contributed by atoms with van der Waals surface area (Å²) in [4.78, 5) is 273. The van der Waals surface area contributed by atoms with E-state index in [1.54, 1.807) is 109 Å². The molecule has 0 bridgehead atoms. The molecule has 1 aromatic heterocycles. The molecule has 7 aromatic rings. The van der Waals surface area contributed by atoms with Gasteiger partial charge in [-0.3, -0.25) is 167 Å². The van der Waals surface area contributed by atoms with Crippen molar-refractivity contribution >= 4 is 214 Å². The van der Waals surface area contributed by atoms with Gasteiger partial charge in [-0.25, -0.2) is 42.7 Å². The highest BCUT2D eigenvalue weighted by Gasteiger charge is 2.37. The second-order valence-electron chi connectivity index (χ2n) is 27.8. The van der Waals surface area contributed by atoms with Gasteiger partial charge >= 0.3 is 48.2 Å². The fraction of sp³-hybridized carbons (Fsp3) is 0.102. The van der Waals surface area contributed by atoms with Gasteiger partial charge in [0.15, 0.2) is 0 Å². The molecule has 0 unspecified atom stereocenters. The summed E-state index contributed by atoms with van der Waals surface area (Å²) < 4.78 is 17.7. The summed E-state index contributed by atoms with van der Waals surface area (Å²) in [5, 5.41) is 33.2. The number of amides is 32. The van der Waals surface area contributed by atoms with Gasteiger partial charge in [-0.2, -0.15) is 0 Å². The van der Waals surface area contributed by atoms with Crippen molar-refractivity contribution in [3.05, 3.63) is 281 Å². The number of nitrogens with zero attached hydrogens (tertiary/aromatic N) is 1. The van der Waals surface area contributed by atoms with Crippen molar-refractivity contribution < 1.29 is 124 Å². The summed E-state index contributed by atoms with van der Waals surface area (Å²) in [5.74, 6) is -11.3. The smallest absolute Gasteiger partial charge is 0.328 e. The first-order chi connectivity index (χ1) is 63.8. The van der Waals surface area contributed by atoms with E-state index in [0.717, 1.165) is 36.8 Å². The van der Waals surface area contributed by atoms with Crippen LogP contribution >= 0.6 is 34.8 Å². The van der Waals surface area contributed by atoms with Crippen molar-refractivity contribution in [1.29, 1.82) is 0 Å². The zero-order valence-electron chi connectivity index (χ0n) is 68.8. The van der Waals surface area contributed by atoms with Gasteiger partial charge in [0.25, 0.3) is 82.7 Å². The Hall–Kier alpha value is -17.9. The van der Waals surface area contributed by atoms with Crippen molar-refractivity contribution in [2.45, 2.75) is 38.5 Å². The van der Waals surface area contributed by atoms with Gasteiger partial charge in [-0.15, -0.1) is 0 Å². The maximum atomic E-state index is 12.6. The maximum Gasteiger partial charge on any atom is 0.328 e. The first-order valence-electron chi connectivity index (χ1n) is 38.8. The second-order valence-corrected chi connectivity index (χ2v) is 29.0. The highest BCUT2D eigenvalue weighted by Crippen LogP contribution is 2.28. The number of ether oxygens (including phenoxy) is 1. The van der Waals surface area contributed by atoms with Gasteiger partial charge in [0.2, 0.25) is 11.8 Å². The van der Waals surface area contributed by atoms with Crippen LogP contribution in [0.1, 0.15) is 71.0 Å². The van der Waals surface area contributed by atoms with Crippen LogP contribution in [0.3, 0.4) is 0 Å². The molecule has 9 aliphatic rings. The van der Waals surface area contributed by atoms with Gasteiger partial charge in [0.1, 0.15) is 56.5 Å². The van der Waals surface area contributed by atoms with Crippen molar-refractivity contribution in [2.75, 3.05) is 7.11 Å². The first kappa shape index (κ1) is 99.9. The van der Waals surface area contributed by atoms with Crippen LogP contribution in [0.2, 0.25) is 15.1 Å². The average molecular weight is 1890 g/mol. The Morgan fingerprint density at radius 3 is 0.993 bits per heavy atom. The minimum absolute atomic E-state index is 0.0755. The molecule has 16 N–H and O–H groups in total. The van der Waals surface area contributed by atoms with Crippen molar-refractivity contribution in [1.82, 2.24) is 90.1 Å². The summed E-state index contributed by atoms with van der Waals surface area (Å²) in [6.45, 7) is 0. The number of barbiturate groups is 8. The zero-order valence-corrected chi connectivity index (χ0v) is 71.1. The molecule has 6 aromatic carbocycles. The van der Waals surface area contributed by atoms with Crippen molar-refractivity contribution in [3.8, 4) is 5.75 Å². The van der Waals surface area contributed by atoms with Crippen LogP contribution in [0.4, 0.5) is 42.7 Å². The number of benzene rings is 6. The molecule has 1 saturated carbocycles. The number of nitrogens with one attached hydrogen (secondary N) is 16. The fourth-order valence-corrected chi connectivity index (χ4v) is 12.4. The van der Waals surface area contributed by atoms with Gasteiger partial charge in [-0.05, 0) is 155 Å². The molecule has 0 spiro atoms. The fourth-order valence-electron chi connectivity index (χ4n) is 11.9. The molecule has 16 rings (SSSR count). The number of pyridine rings is 1. The summed E-state index contributed by atoms with van der Waals surface area (Å²) in [7, 11) is 1.52. The number of carbonyl (C=O) groups is 24. The normalized spacial score (nSPS) is 16.4. The topological polar surface area (TPSA) is 624 Å². The van der Waals surface area contributed by atoms with Gasteiger partial charge in [0.05, 0.1) is 17.2 Å². The Morgan fingerprint density at radius 1 is 0.313 bits per heavy atom. The quantitative estimate of drug-likeness (QED) is 0.0476. The summed E-state index contributed by atoms with van der Waals surface area (Å²) >= 11 is 17.3. The highest BCUT2D eigenvalue weighted by molar-refractivity contribution is 6.42. The summed E-state index contributed by atoms with van der Waals surface area (Å²) in [5.41, 5.74) is 3.71. The lowest BCUT2D eigenvalue weighted by atomic mass is 9.87. The first-order valence-corrected chi connectivity index (χ1v) is 39.9. The van der Waals surface area contributed by atoms with Crippen LogP contribution < -0.4 is 89.8 Å². The van der Waals surface area contributed by atoms with Crippen LogP contribution in [-0.2, 0) is 83.1 Å². The minimum Gasteiger partial charge on any atom is -0.497 e. The number of methoxy groups -OCH3 is 1. The van der Waals surface area contributed by atoms with E-state index in [-0.39, 0.29) is 44.9 Å². The number of hydrogen-bond donors (Lipinski definition) is 16. The summed E-state index contributed by atoms with van der Waals surface area (Å²) in [6.07, 6.45) is 18.7. The Labute approximate surface area is 768 Å². The number of hydrogen-bond acceptors (Lipinski definition) is 26. The van der Waals surface area contributed by atoms with Crippen LogP contribution in [0, 0.1) is 17.7 Å². The molecule has 8 aliphatic heterocycles. The minimum atomic E-state index is -0.851. The lowest BCUT2D eigenvalue weighted by molar-refractivity contribution is -0.136. The molecule has 1 aliphatic carbocycles. The standard InChI is InChI=1S/C12H10N2O4.C11H6Cl2N2O3.C11H7ClN2O3.C11H7FN2O3.C11H14N2O3.C11H10N2O3.C11H8N2O3.C10H7N3O3/c1-18-8-4-2-3-7(5-8)6-9-10(15)13-12(17)14-11(9)16;12-7-2-1-5(4-8(7)13)3-6-9(16)14-11(18)15-10(6)17;12-7-3-1-2-6(4-7)5-8-9(15)13-11(17)14-10(8)16;12-7-3-1-6(2-4-7)5-8-9(15)13-11(17)14-10(8)16;3*14-9-8(10(15)13-11(16)12-9)6-7-4-2-1-3-5-7;14-8-7(9(15)13-10(16)12-8)4-6-2-1-3-11-5-6/h2-6H,1H3,(H2,13,14,15,16,17);1-4H,(H2,14,15,16,17,18);2*1-5H,(H2,13,14,15,16,17);6-7H,1-5H2,(H2,12,13,14,15,16);1-5,8H,6H2,(H2,12,13,14,15,16);1-6H,(H2,12,13,14,15,16);1-5H,(H2,12,13,14,15,16).